The van der Waals surface area contributed by atoms with E-state index in [1.807, 2.05) is 36.6 Å². The van der Waals surface area contributed by atoms with Gasteiger partial charge in [-0.1, -0.05) is 29.4 Å². The van der Waals surface area contributed by atoms with Gasteiger partial charge < -0.3 is 5.32 Å². The van der Waals surface area contributed by atoms with Crippen molar-refractivity contribution in [3.63, 3.8) is 0 Å². The van der Waals surface area contributed by atoms with Gasteiger partial charge in [0.15, 0.2) is 5.16 Å². The van der Waals surface area contributed by atoms with Crippen LogP contribution in [0.3, 0.4) is 0 Å². The summed E-state index contributed by atoms with van der Waals surface area (Å²) < 4.78 is 0. The van der Waals surface area contributed by atoms with Gasteiger partial charge in [-0.3, -0.25) is 4.98 Å². The first kappa shape index (κ1) is 13.1. The number of nitrogens with one attached hydrogen (secondary N) is 1. The van der Waals surface area contributed by atoms with Gasteiger partial charge in [0, 0.05) is 23.3 Å². The fourth-order valence-corrected chi connectivity index (χ4v) is 2.47. The number of thioether (sulfide) groups is 1. The van der Waals surface area contributed by atoms with Crippen LogP contribution in [0.1, 0.15) is 0 Å². The number of pyridine rings is 1. The number of benzene rings is 1. The Balaban J connectivity index is 1.94. The molecule has 0 saturated heterocycles. The third-order valence-corrected chi connectivity index (χ3v) is 3.47. The minimum Gasteiger partial charge on any atom is -0.340 e. The summed E-state index contributed by atoms with van der Waals surface area (Å²) in [5.41, 5.74) is 1.90. The lowest BCUT2D eigenvalue weighted by molar-refractivity contribution is 0.976. The molecule has 100 valence electrons. The van der Waals surface area contributed by atoms with Crippen LogP contribution in [0.15, 0.2) is 47.8 Å². The number of hydrogen-bond acceptors (Lipinski definition) is 5. The minimum absolute atomic E-state index is 0.425. The van der Waals surface area contributed by atoms with Crippen molar-refractivity contribution in [2.45, 2.75) is 5.16 Å². The Labute approximate surface area is 125 Å². The fraction of sp³-hybridized carbons (Fsp3) is 0.0714. The Hall–Kier alpha value is -1.85. The van der Waals surface area contributed by atoms with Crippen molar-refractivity contribution >= 4 is 45.8 Å². The number of aromatic nitrogens is 3. The molecule has 0 fully saturated rings. The van der Waals surface area contributed by atoms with E-state index in [4.69, 9.17) is 11.6 Å². The molecule has 0 aliphatic carbocycles. The molecule has 0 atom stereocenters. The fourth-order valence-electron chi connectivity index (χ4n) is 1.85. The topological polar surface area (TPSA) is 50.7 Å². The van der Waals surface area contributed by atoms with E-state index in [-0.39, 0.29) is 0 Å². The van der Waals surface area contributed by atoms with Gasteiger partial charge in [-0.15, -0.1) is 0 Å². The normalized spacial score (nSPS) is 10.7. The maximum Gasteiger partial charge on any atom is 0.190 e. The second kappa shape index (κ2) is 5.64. The van der Waals surface area contributed by atoms with Gasteiger partial charge in [-0.05, 0) is 30.5 Å². The highest BCUT2D eigenvalue weighted by molar-refractivity contribution is 7.98. The smallest absolute Gasteiger partial charge is 0.190 e. The van der Waals surface area contributed by atoms with Crippen LogP contribution >= 0.6 is 23.4 Å². The number of rotatable bonds is 3. The van der Waals surface area contributed by atoms with E-state index < -0.39 is 0 Å². The van der Waals surface area contributed by atoms with Crippen molar-refractivity contribution in [2.75, 3.05) is 11.6 Å². The Morgan fingerprint density at radius 2 is 2.05 bits per heavy atom. The summed E-state index contributed by atoms with van der Waals surface area (Å²) in [5, 5.41) is 5.37. The third-order valence-electron chi connectivity index (χ3n) is 2.73. The van der Waals surface area contributed by atoms with Gasteiger partial charge >= 0.3 is 0 Å². The Kier molecular flexibility index (Phi) is 3.71. The second-order valence-corrected chi connectivity index (χ2v) is 5.26. The zero-order valence-corrected chi connectivity index (χ0v) is 12.2. The molecule has 0 bridgehead atoms. The molecule has 0 saturated carbocycles. The quantitative estimate of drug-likeness (QED) is 0.447. The lowest BCUT2D eigenvalue weighted by Crippen LogP contribution is -1.96. The second-order valence-electron chi connectivity index (χ2n) is 4.10. The van der Waals surface area contributed by atoms with Crippen LogP contribution < -0.4 is 5.32 Å². The van der Waals surface area contributed by atoms with Crippen LogP contribution in [0.4, 0.5) is 11.5 Å². The summed E-state index contributed by atoms with van der Waals surface area (Å²) in [6.07, 6.45) is 3.70. The van der Waals surface area contributed by atoms with E-state index >= 15 is 0 Å². The van der Waals surface area contributed by atoms with Gasteiger partial charge in [0.25, 0.3) is 0 Å². The lowest BCUT2D eigenvalue weighted by atomic mass is 10.2. The van der Waals surface area contributed by atoms with Gasteiger partial charge in [-0.25, -0.2) is 9.97 Å². The first-order chi connectivity index (χ1) is 9.74. The molecule has 0 unspecified atom stereocenters. The molecular weight excluding hydrogens is 292 g/mol. The maximum atomic E-state index is 5.98. The Morgan fingerprint density at radius 1 is 1.15 bits per heavy atom. The van der Waals surface area contributed by atoms with E-state index in [0.29, 0.717) is 16.1 Å². The number of halogens is 1. The Bertz CT molecular complexity index is 763. The number of anilines is 2. The average molecular weight is 303 g/mol. The van der Waals surface area contributed by atoms with Crippen LogP contribution in [0.2, 0.25) is 5.15 Å². The lowest BCUT2D eigenvalue weighted by Gasteiger charge is -2.08. The van der Waals surface area contributed by atoms with Crippen LogP contribution in [0.5, 0.6) is 0 Å². The summed E-state index contributed by atoms with van der Waals surface area (Å²) in [6.45, 7) is 0. The molecular formula is C14H11ClN4S. The molecule has 6 heteroatoms. The van der Waals surface area contributed by atoms with Crippen LogP contribution in [0.25, 0.3) is 10.9 Å². The van der Waals surface area contributed by atoms with Gasteiger partial charge in [0.05, 0.1) is 5.52 Å². The van der Waals surface area contributed by atoms with E-state index in [2.05, 4.69) is 20.3 Å². The number of hydrogen-bond donors (Lipinski definition) is 1. The van der Waals surface area contributed by atoms with Crippen LogP contribution in [-0.2, 0) is 0 Å². The first-order valence-electron chi connectivity index (χ1n) is 5.95. The van der Waals surface area contributed by atoms with Crippen molar-refractivity contribution in [1.82, 2.24) is 15.0 Å². The SMILES string of the molecule is CSc1nc(Cl)cc(Nc2ccc3ncccc3c2)n1. The predicted molar refractivity (Wildman–Crippen MR) is 83.8 cm³/mol. The third kappa shape index (κ3) is 2.84. The molecule has 3 aromatic rings. The van der Waals surface area contributed by atoms with E-state index in [1.165, 1.54) is 11.8 Å². The van der Waals surface area contributed by atoms with Crippen molar-refractivity contribution in [2.24, 2.45) is 0 Å². The zero-order chi connectivity index (χ0) is 13.9. The molecule has 0 aliphatic rings. The van der Waals surface area contributed by atoms with Gasteiger partial charge in [-0.2, -0.15) is 0 Å². The van der Waals surface area contributed by atoms with Crippen LogP contribution in [0, 0.1) is 0 Å². The molecule has 0 amide bonds. The van der Waals surface area contributed by atoms with Crippen molar-refractivity contribution in [3.8, 4) is 0 Å². The molecule has 2 heterocycles. The van der Waals surface area contributed by atoms with E-state index in [1.54, 1.807) is 12.3 Å². The van der Waals surface area contributed by atoms with Crippen LogP contribution in [-0.4, -0.2) is 21.2 Å². The summed E-state index contributed by atoms with van der Waals surface area (Å²) in [7, 11) is 0. The highest BCUT2D eigenvalue weighted by Crippen LogP contribution is 2.23. The predicted octanol–water partition coefficient (Wildman–Crippen LogP) is 4.14. The highest BCUT2D eigenvalue weighted by Gasteiger charge is 2.03. The van der Waals surface area contributed by atoms with Crippen molar-refractivity contribution in [3.05, 3.63) is 47.7 Å². The standard InChI is InChI=1S/C14H11ClN4S/c1-20-14-18-12(15)8-13(19-14)17-10-4-5-11-9(7-10)3-2-6-16-11/h2-8H,1H3,(H,17,18,19). The van der Waals surface area contributed by atoms with Gasteiger partial charge in [0.1, 0.15) is 11.0 Å². The molecule has 4 nitrogen and oxygen atoms in total. The molecule has 0 aliphatic heterocycles. The molecule has 2 aromatic heterocycles. The summed E-state index contributed by atoms with van der Waals surface area (Å²) in [4.78, 5) is 12.8. The summed E-state index contributed by atoms with van der Waals surface area (Å²) in [5.74, 6) is 0.678. The van der Waals surface area contributed by atoms with E-state index in [9.17, 15) is 0 Å². The highest BCUT2D eigenvalue weighted by atomic mass is 35.5. The average Bonchev–Trinajstić information content (AvgIpc) is 2.46. The van der Waals surface area contributed by atoms with E-state index in [0.717, 1.165) is 16.6 Å². The monoisotopic (exact) mass is 302 g/mol. The molecule has 0 radical (unpaired) electrons. The first-order valence-corrected chi connectivity index (χ1v) is 7.55. The molecule has 1 N–H and O–H groups in total. The van der Waals surface area contributed by atoms with Crippen molar-refractivity contribution < 1.29 is 0 Å². The molecule has 1 aromatic carbocycles. The maximum absolute atomic E-state index is 5.98. The molecule has 3 rings (SSSR count). The summed E-state index contributed by atoms with van der Waals surface area (Å²) in [6, 6.07) is 11.6. The number of nitrogens with zero attached hydrogens (tertiary/aromatic N) is 3. The van der Waals surface area contributed by atoms with Gasteiger partial charge in [0.2, 0.25) is 0 Å². The molecule has 0 spiro atoms. The van der Waals surface area contributed by atoms with Crippen molar-refractivity contribution in [1.29, 1.82) is 0 Å². The largest absolute Gasteiger partial charge is 0.340 e. The molecule has 20 heavy (non-hydrogen) atoms. The zero-order valence-electron chi connectivity index (χ0n) is 10.7. The minimum atomic E-state index is 0.425. The summed E-state index contributed by atoms with van der Waals surface area (Å²) >= 11 is 7.43. The Morgan fingerprint density at radius 3 is 2.90 bits per heavy atom. The number of fused-ring (bicyclic) bond motifs is 1.